The molecule has 1 aromatic heterocycles. The lowest BCUT2D eigenvalue weighted by Gasteiger charge is -2.38. The van der Waals surface area contributed by atoms with E-state index in [2.05, 4.69) is 81.3 Å². The van der Waals surface area contributed by atoms with E-state index in [1.54, 1.807) is 0 Å². The predicted molar refractivity (Wildman–Crippen MR) is 163 cm³/mol. The molecule has 1 atom stereocenters. The number of likely N-dealkylation sites (tertiary alicyclic amines) is 1. The third-order valence-corrected chi connectivity index (χ3v) is 8.19. The molecule has 3 heterocycles. The molecule has 2 aliphatic rings. The van der Waals surface area contributed by atoms with Crippen molar-refractivity contribution in [2.75, 3.05) is 52.9 Å². The van der Waals surface area contributed by atoms with Crippen molar-refractivity contribution in [2.45, 2.75) is 25.6 Å². The van der Waals surface area contributed by atoms with Crippen LogP contribution < -0.4 is 0 Å². The molecule has 7 nitrogen and oxygen atoms in total. The van der Waals surface area contributed by atoms with Gasteiger partial charge in [0.25, 0.3) is 0 Å². The van der Waals surface area contributed by atoms with Crippen LogP contribution in [0.1, 0.15) is 18.4 Å². The standard InChI is InChI=1S/C31H37N5.C2HF3O2/c1-34-16-4-5-25(21-34)23-36-19-17-35(18-20-36)22-24-8-10-26(11-9-24)27-12-14-28(15-13-27)31-32-29-6-2-3-7-30(29)33-31;3-2(4,5)1(6)7/h2-3,6-15,25H,4-5,16-23H2,1H3,(H,32,33);(H,6,7). The van der Waals surface area contributed by atoms with Crippen LogP contribution in [-0.2, 0) is 11.3 Å². The summed E-state index contributed by atoms with van der Waals surface area (Å²) >= 11 is 0. The van der Waals surface area contributed by atoms with Crippen LogP contribution in [0.4, 0.5) is 13.2 Å². The van der Waals surface area contributed by atoms with Crippen molar-refractivity contribution in [3.8, 4) is 22.5 Å². The van der Waals surface area contributed by atoms with Gasteiger partial charge in [-0.3, -0.25) is 4.90 Å². The zero-order valence-corrected chi connectivity index (χ0v) is 24.4. The molecular formula is C33H38F3N5O2. The first-order chi connectivity index (χ1) is 20.6. The Balaban J connectivity index is 0.000000472. The van der Waals surface area contributed by atoms with Gasteiger partial charge in [0.2, 0.25) is 0 Å². The maximum Gasteiger partial charge on any atom is 0.490 e. The number of benzene rings is 3. The highest BCUT2D eigenvalue weighted by Crippen LogP contribution is 2.26. The van der Waals surface area contributed by atoms with Gasteiger partial charge in [0.1, 0.15) is 5.82 Å². The smallest absolute Gasteiger partial charge is 0.475 e. The average molecular weight is 594 g/mol. The Bertz CT molecular complexity index is 1450. The van der Waals surface area contributed by atoms with E-state index in [1.807, 2.05) is 18.2 Å². The summed E-state index contributed by atoms with van der Waals surface area (Å²) in [5.41, 5.74) is 7.10. The number of piperazine rings is 1. The first kappa shape index (κ1) is 30.7. The number of rotatable bonds is 6. The van der Waals surface area contributed by atoms with Gasteiger partial charge in [-0.1, -0.05) is 60.7 Å². The van der Waals surface area contributed by atoms with Crippen LogP contribution in [0.2, 0.25) is 0 Å². The largest absolute Gasteiger partial charge is 0.490 e. The molecule has 0 radical (unpaired) electrons. The maximum atomic E-state index is 10.6. The van der Waals surface area contributed by atoms with E-state index >= 15 is 0 Å². The van der Waals surface area contributed by atoms with Gasteiger partial charge in [0, 0.05) is 51.4 Å². The lowest BCUT2D eigenvalue weighted by Crippen LogP contribution is -2.48. The van der Waals surface area contributed by atoms with E-state index in [1.165, 1.54) is 75.3 Å². The summed E-state index contributed by atoms with van der Waals surface area (Å²) in [6, 6.07) is 26.0. The van der Waals surface area contributed by atoms with E-state index in [4.69, 9.17) is 14.9 Å². The molecule has 6 rings (SSSR count). The highest BCUT2D eigenvalue weighted by atomic mass is 19.4. The fourth-order valence-corrected chi connectivity index (χ4v) is 5.89. The number of hydrogen-bond acceptors (Lipinski definition) is 5. The molecule has 1 unspecified atom stereocenters. The van der Waals surface area contributed by atoms with Crippen LogP contribution in [0.15, 0.2) is 72.8 Å². The minimum Gasteiger partial charge on any atom is -0.475 e. The fraction of sp³-hybridized carbons (Fsp3) is 0.394. The Morgan fingerprint density at radius 3 is 2.07 bits per heavy atom. The number of imidazole rings is 1. The van der Waals surface area contributed by atoms with E-state index in [0.29, 0.717) is 0 Å². The molecule has 2 N–H and O–H groups in total. The molecule has 2 aliphatic heterocycles. The first-order valence-corrected chi connectivity index (χ1v) is 14.7. The molecule has 10 heteroatoms. The third kappa shape index (κ3) is 8.43. The van der Waals surface area contributed by atoms with E-state index in [-0.39, 0.29) is 0 Å². The molecular weight excluding hydrogens is 555 g/mol. The maximum absolute atomic E-state index is 10.6. The van der Waals surface area contributed by atoms with E-state index in [0.717, 1.165) is 34.9 Å². The summed E-state index contributed by atoms with van der Waals surface area (Å²) in [5, 5.41) is 7.12. The highest BCUT2D eigenvalue weighted by molar-refractivity contribution is 5.79. The molecule has 228 valence electrons. The number of hydrogen-bond donors (Lipinski definition) is 2. The fourth-order valence-electron chi connectivity index (χ4n) is 5.89. The van der Waals surface area contributed by atoms with Gasteiger partial charge in [-0.15, -0.1) is 0 Å². The number of piperidine rings is 1. The van der Waals surface area contributed by atoms with Gasteiger partial charge in [-0.2, -0.15) is 13.2 Å². The number of carbonyl (C=O) groups is 1. The molecule has 0 amide bonds. The minimum absolute atomic E-state index is 0.857. The van der Waals surface area contributed by atoms with Gasteiger partial charge in [0.05, 0.1) is 11.0 Å². The van der Waals surface area contributed by atoms with Crippen molar-refractivity contribution in [1.82, 2.24) is 24.7 Å². The second-order valence-electron chi connectivity index (χ2n) is 11.5. The Hall–Kier alpha value is -3.73. The van der Waals surface area contributed by atoms with Gasteiger partial charge in [0.15, 0.2) is 0 Å². The number of carboxylic acid groups (broad SMARTS) is 1. The molecule has 0 bridgehead atoms. The van der Waals surface area contributed by atoms with Crippen LogP contribution in [0.5, 0.6) is 0 Å². The lowest BCUT2D eigenvalue weighted by molar-refractivity contribution is -0.192. The van der Waals surface area contributed by atoms with Gasteiger partial charge < -0.3 is 19.9 Å². The summed E-state index contributed by atoms with van der Waals surface area (Å²) in [4.78, 5) is 24.8. The van der Waals surface area contributed by atoms with Crippen molar-refractivity contribution < 1.29 is 23.1 Å². The summed E-state index contributed by atoms with van der Waals surface area (Å²) < 4.78 is 31.7. The van der Waals surface area contributed by atoms with Crippen molar-refractivity contribution in [3.05, 3.63) is 78.4 Å². The Kier molecular flexibility index (Phi) is 9.79. The summed E-state index contributed by atoms with van der Waals surface area (Å²) in [5.74, 6) is -0.979. The van der Waals surface area contributed by atoms with Crippen LogP contribution in [0, 0.1) is 5.92 Å². The van der Waals surface area contributed by atoms with Crippen LogP contribution >= 0.6 is 0 Å². The van der Waals surface area contributed by atoms with Crippen molar-refractivity contribution in [2.24, 2.45) is 5.92 Å². The topological polar surface area (TPSA) is 75.7 Å². The van der Waals surface area contributed by atoms with Gasteiger partial charge >= 0.3 is 12.1 Å². The molecule has 43 heavy (non-hydrogen) atoms. The van der Waals surface area contributed by atoms with E-state index < -0.39 is 12.1 Å². The van der Waals surface area contributed by atoms with Crippen molar-refractivity contribution in [3.63, 3.8) is 0 Å². The molecule has 2 saturated heterocycles. The summed E-state index contributed by atoms with van der Waals surface area (Å²) in [7, 11) is 2.27. The van der Waals surface area contributed by atoms with Gasteiger partial charge in [-0.05, 0) is 61.2 Å². The molecule has 3 aromatic carbocycles. The SMILES string of the molecule is CN1CCCC(CN2CCN(Cc3ccc(-c4ccc(-c5nc6ccccc6[nH]5)cc4)cc3)CC2)C1.O=C(O)C(F)(F)F. The predicted octanol–water partition coefficient (Wildman–Crippen LogP) is 5.99. The molecule has 2 fully saturated rings. The van der Waals surface area contributed by atoms with Crippen LogP contribution in [0.3, 0.4) is 0 Å². The molecule has 0 spiro atoms. The van der Waals surface area contributed by atoms with Crippen molar-refractivity contribution >= 4 is 17.0 Å². The zero-order valence-electron chi connectivity index (χ0n) is 24.4. The van der Waals surface area contributed by atoms with Crippen LogP contribution in [0.25, 0.3) is 33.5 Å². The number of nitrogens with one attached hydrogen (secondary N) is 1. The quantitative estimate of drug-likeness (QED) is 0.286. The Labute approximate surface area is 249 Å². The second-order valence-corrected chi connectivity index (χ2v) is 11.5. The highest BCUT2D eigenvalue weighted by Gasteiger charge is 2.38. The summed E-state index contributed by atoms with van der Waals surface area (Å²) in [6.45, 7) is 9.63. The number of alkyl halides is 3. The normalized spacial score (nSPS) is 18.7. The number of fused-ring (bicyclic) bond motifs is 1. The average Bonchev–Trinajstić information content (AvgIpc) is 3.43. The second kappa shape index (κ2) is 13.7. The number of H-pyrrole nitrogens is 1. The number of halogens is 3. The number of para-hydroxylation sites is 2. The summed E-state index contributed by atoms with van der Waals surface area (Å²) in [6.07, 6.45) is -2.32. The number of aromatic amines is 1. The zero-order chi connectivity index (χ0) is 30.4. The van der Waals surface area contributed by atoms with Crippen molar-refractivity contribution in [1.29, 1.82) is 0 Å². The molecule has 0 aliphatic carbocycles. The first-order valence-electron chi connectivity index (χ1n) is 14.7. The number of aromatic nitrogens is 2. The van der Waals surface area contributed by atoms with E-state index in [9.17, 15) is 13.2 Å². The third-order valence-electron chi connectivity index (χ3n) is 8.19. The number of aliphatic carboxylic acids is 1. The monoisotopic (exact) mass is 593 g/mol. The Morgan fingerprint density at radius 2 is 1.47 bits per heavy atom. The number of carboxylic acids is 1. The van der Waals surface area contributed by atoms with Crippen LogP contribution in [-0.4, -0.2) is 94.8 Å². The van der Waals surface area contributed by atoms with Gasteiger partial charge in [-0.25, -0.2) is 9.78 Å². The number of nitrogens with zero attached hydrogens (tertiary/aromatic N) is 4. The Morgan fingerprint density at radius 1 is 0.884 bits per heavy atom. The lowest BCUT2D eigenvalue weighted by atomic mass is 9.97. The minimum atomic E-state index is -5.08. The molecule has 0 saturated carbocycles. The molecule has 4 aromatic rings.